The molecule has 0 bridgehead atoms. The Morgan fingerprint density at radius 2 is 2.14 bits per heavy atom. The molecule has 110 valence electrons. The van der Waals surface area contributed by atoms with E-state index in [-0.39, 0.29) is 5.91 Å². The number of benzene rings is 1. The zero-order valence-corrected chi connectivity index (χ0v) is 12.2. The second-order valence-electron chi connectivity index (χ2n) is 5.81. The molecule has 1 aromatic carbocycles. The predicted octanol–water partition coefficient (Wildman–Crippen LogP) is 2.29. The lowest BCUT2D eigenvalue weighted by Crippen LogP contribution is -2.30. The summed E-state index contributed by atoms with van der Waals surface area (Å²) in [6, 6.07) is 7.80. The molecule has 0 spiro atoms. The highest BCUT2D eigenvalue weighted by Crippen LogP contribution is 2.32. The minimum Gasteiger partial charge on any atom is -0.308 e. The number of hydrogen-bond acceptors (Lipinski definition) is 3. The molecular weight excluding hydrogens is 276 g/mol. The Hall–Kier alpha value is -2.61. The van der Waals surface area contributed by atoms with Gasteiger partial charge in [-0.25, -0.2) is 0 Å². The zero-order chi connectivity index (χ0) is 15.1. The van der Waals surface area contributed by atoms with Crippen molar-refractivity contribution < 1.29 is 4.79 Å². The van der Waals surface area contributed by atoms with E-state index in [1.54, 1.807) is 11.1 Å². The van der Waals surface area contributed by atoms with Crippen LogP contribution in [0, 0.1) is 11.3 Å². The van der Waals surface area contributed by atoms with Crippen molar-refractivity contribution >= 4 is 11.6 Å². The molecule has 0 atom stereocenters. The van der Waals surface area contributed by atoms with Crippen LogP contribution in [0.15, 0.2) is 24.4 Å². The monoisotopic (exact) mass is 292 g/mol. The molecule has 2 aliphatic heterocycles. The van der Waals surface area contributed by atoms with Crippen molar-refractivity contribution in [3.63, 3.8) is 0 Å². The fraction of sp³-hybridized carbons (Fsp3) is 0.353. The van der Waals surface area contributed by atoms with Gasteiger partial charge in [0.05, 0.1) is 29.1 Å². The lowest BCUT2D eigenvalue weighted by molar-refractivity contribution is 0.0988. The van der Waals surface area contributed by atoms with Crippen LogP contribution in [0.3, 0.4) is 0 Å². The SMILES string of the molecule is N#Cc1cccc2c1CCN2C(=O)c1cnn2c1CCCC2. The van der Waals surface area contributed by atoms with Crippen LogP contribution in [-0.2, 0) is 19.4 Å². The van der Waals surface area contributed by atoms with E-state index >= 15 is 0 Å². The minimum atomic E-state index is 0.0111. The minimum absolute atomic E-state index is 0.0111. The van der Waals surface area contributed by atoms with E-state index in [4.69, 9.17) is 0 Å². The smallest absolute Gasteiger partial charge is 0.261 e. The van der Waals surface area contributed by atoms with Gasteiger partial charge in [0.25, 0.3) is 5.91 Å². The van der Waals surface area contributed by atoms with Crippen LogP contribution in [0.5, 0.6) is 0 Å². The lowest BCUT2D eigenvalue weighted by atomic mass is 10.1. The molecule has 1 amide bonds. The van der Waals surface area contributed by atoms with Crippen LogP contribution in [0.4, 0.5) is 5.69 Å². The van der Waals surface area contributed by atoms with Gasteiger partial charge in [-0.15, -0.1) is 0 Å². The number of aromatic nitrogens is 2. The Bertz CT molecular complexity index is 799. The largest absolute Gasteiger partial charge is 0.308 e. The van der Waals surface area contributed by atoms with Crippen molar-refractivity contribution in [2.24, 2.45) is 0 Å². The molecule has 3 heterocycles. The van der Waals surface area contributed by atoms with Gasteiger partial charge in [0.2, 0.25) is 0 Å². The first-order valence-corrected chi connectivity index (χ1v) is 7.68. The van der Waals surface area contributed by atoms with Crippen molar-refractivity contribution in [1.82, 2.24) is 9.78 Å². The van der Waals surface area contributed by atoms with E-state index in [0.29, 0.717) is 12.1 Å². The maximum atomic E-state index is 12.9. The molecule has 5 heteroatoms. The third kappa shape index (κ3) is 1.84. The number of carbonyl (C=O) groups excluding carboxylic acids is 1. The Kier molecular flexibility index (Phi) is 2.97. The predicted molar refractivity (Wildman–Crippen MR) is 81.7 cm³/mol. The molecule has 2 aromatic rings. The molecule has 2 aliphatic rings. The average molecular weight is 292 g/mol. The van der Waals surface area contributed by atoms with Crippen LogP contribution < -0.4 is 4.90 Å². The molecule has 0 radical (unpaired) electrons. The number of aryl methyl sites for hydroxylation is 1. The molecule has 0 N–H and O–H groups in total. The number of anilines is 1. The number of nitrogens with zero attached hydrogens (tertiary/aromatic N) is 4. The van der Waals surface area contributed by atoms with Gasteiger partial charge < -0.3 is 4.90 Å². The summed E-state index contributed by atoms with van der Waals surface area (Å²) in [5, 5.41) is 13.6. The maximum absolute atomic E-state index is 12.9. The number of carbonyl (C=O) groups is 1. The van der Waals surface area contributed by atoms with Crippen LogP contribution in [0.25, 0.3) is 0 Å². The molecule has 0 saturated heterocycles. The average Bonchev–Trinajstić information content (AvgIpc) is 3.18. The first kappa shape index (κ1) is 13.1. The summed E-state index contributed by atoms with van der Waals surface area (Å²) < 4.78 is 1.96. The van der Waals surface area contributed by atoms with Gasteiger partial charge in [-0.05, 0) is 43.4 Å². The highest BCUT2D eigenvalue weighted by Gasteiger charge is 2.30. The Balaban J connectivity index is 1.72. The van der Waals surface area contributed by atoms with Crippen molar-refractivity contribution in [2.75, 3.05) is 11.4 Å². The summed E-state index contributed by atoms with van der Waals surface area (Å²) in [6.07, 6.45) is 5.60. The highest BCUT2D eigenvalue weighted by molar-refractivity contribution is 6.08. The maximum Gasteiger partial charge on any atom is 0.261 e. The first-order valence-electron chi connectivity index (χ1n) is 7.68. The van der Waals surface area contributed by atoms with Crippen LogP contribution in [-0.4, -0.2) is 22.2 Å². The van der Waals surface area contributed by atoms with Gasteiger partial charge in [-0.1, -0.05) is 6.07 Å². The van der Waals surface area contributed by atoms with Gasteiger partial charge >= 0.3 is 0 Å². The quantitative estimate of drug-likeness (QED) is 0.810. The summed E-state index contributed by atoms with van der Waals surface area (Å²) >= 11 is 0. The molecule has 0 fully saturated rings. The second-order valence-corrected chi connectivity index (χ2v) is 5.81. The molecule has 5 nitrogen and oxygen atoms in total. The molecule has 4 rings (SSSR count). The van der Waals surface area contributed by atoms with E-state index < -0.39 is 0 Å². The standard InChI is InChI=1S/C17H16N4O/c18-10-12-4-3-6-15-13(12)7-9-20(15)17(22)14-11-19-21-8-2-1-5-16(14)21/h3-4,6,11H,1-2,5,7-9H2. The lowest BCUT2D eigenvalue weighted by Gasteiger charge is -2.19. The zero-order valence-electron chi connectivity index (χ0n) is 12.2. The summed E-state index contributed by atoms with van der Waals surface area (Å²) in [5.74, 6) is 0.0111. The van der Waals surface area contributed by atoms with E-state index in [1.165, 1.54) is 0 Å². The number of nitriles is 1. The number of amides is 1. The van der Waals surface area contributed by atoms with Crippen molar-refractivity contribution in [3.05, 3.63) is 46.8 Å². The van der Waals surface area contributed by atoms with Gasteiger partial charge in [0, 0.05) is 18.8 Å². The molecule has 0 unspecified atom stereocenters. The van der Waals surface area contributed by atoms with Crippen LogP contribution in [0.1, 0.15) is 40.0 Å². The van der Waals surface area contributed by atoms with Crippen LogP contribution >= 0.6 is 0 Å². The van der Waals surface area contributed by atoms with Crippen molar-refractivity contribution in [1.29, 1.82) is 5.26 Å². The van der Waals surface area contributed by atoms with Crippen molar-refractivity contribution in [2.45, 2.75) is 32.2 Å². The number of hydrogen-bond donors (Lipinski definition) is 0. The normalized spacial score (nSPS) is 16.0. The third-order valence-corrected chi connectivity index (χ3v) is 4.61. The van der Waals surface area contributed by atoms with E-state index in [1.807, 2.05) is 22.9 Å². The van der Waals surface area contributed by atoms with Crippen LogP contribution in [0.2, 0.25) is 0 Å². The molecule has 0 aliphatic carbocycles. The summed E-state index contributed by atoms with van der Waals surface area (Å²) in [6.45, 7) is 1.54. The van der Waals surface area contributed by atoms with E-state index in [2.05, 4.69) is 11.2 Å². The Morgan fingerprint density at radius 1 is 1.23 bits per heavy atom. The van der Waals surface area contributed by atoms with E-state index in [9.17, 15) is 10.1 Å². The molecule has 0 saturated carbocycles. The second kappa shape index (κ2) is 4.99. The fourth-order valence-electron chi connectivity index (χ4n) is 3.50. The van der Waals surface area contributed by atoms with E-state index in [0.717, 1.165) is 54.7 Å². The van der Waals surface area contributed by atoms with Gasteiger partial charge in [0.15, 0.2) is 0 Å². The van der Waals surface area contributed by atoms with Gasteiger partial charge in [-0.2, -0.15) is 10.4 Å². The molecule has 1 aromatic heterocycles. The topological polar surface area (TPSA) is 61.9 Å². The Labute approximate surface area is 128 Å². The summed E-state index contributed by atoms with van der Waals surface area (Å²) in [4.78, 5) is 14.7. The highest BCUT2D eigenvalue weighted by atomic mass is 16.2. The molecular formula is C17H16N4O. The number of fused-ring (bicyclic) bond motifs is 2. The summed E-state index contributed by atoms with van der Waals surface area (Å²) in [7, 11) is 0. The fourth-order valence-corrected chi connectivity index (χ4v) is 3.50. The number of rotatable bonds is 1. The molecule has 22 heavy (non-hydrogen) atoms. The Morgan fingerprint density at radius 3 is 3.00 bits per heavy atom. The van der Waals surface area contributed by atoms with Gasteiger partial charge in [0.1, 0.15) is 0 Å². The first-order chi connectivity index (χ1) is 10.8. The summed E-state index contributed by atoms with van der Waals surface area (Å²) in [5.41, 5.74) is 4.31. The third-order valence-electron chi connectivity index (χ3n) is 4.61. The van der Waals surface area contributed by atoms with Crippen molar-refractivity contribution in [3.8, 4) is 6.07 Å². The van der Waals surface area contributed by atoms with Gasteiger partial charge in [-0.3, -0.25) is 9.48 Å².